The van der Waals surface area contributed by atoms with Gasteiger partial charge in [-0.1, -0.05) is 12.1 Å². The summed E-state index contributed by atoms with van der Waals surface area (Å²) < 4.78 is 5.94. The Kier molecular flexibility index (Phi) is 4.71. The lowest BCUT2D eigenvalue weighted by atomic mass is 9.89. The van der Waals surface area contributed by atoms with E-state index in [1.165, 1.54) is 11.1 Å². The van der Waals surface area contributed by atoms with Crippen LogP contribution in [-0.2, 0) is 0 Å². The van der Waals surface area contributed by atoms with Crippen LogP contribution < -0.4 is 10.1 Å². The molecule has 3 nitrogen and oxygen atoms in total. The Morgan fingerprint density at radius 3 is 2.09 bits per heavy atom. The maximum Gasteiger partial charge on any atom is 0.131 e. The summed E-state index contributed by atoms with van der Waals surface area (Å²) in [5, 5.41) is 13.6. The van der Waals surface area contributed by atoms with E-state index in [0.29, 0.717) is 0 Å². The second kappa shape index (κ2) is 6.25. The highest BCUT2D eigenvalue weighted by Crippen LogP contribution is 2.29. The molecule has 0 aromatic heterocycles. The maximum absolute atomic E-state index is 10.2. The largest absolute Gasteiger partial charge is 0.485 e. The Hall–Kier alpha value is -2.00. The zero-order valence-electron chi connectivity index (χ0n) is 14.9. The number of anilines is 2. The second-order valence-electron chi connectivity index (χ2n) is 7.07. The van der Waals surface area contributed by atoms with E-state index >= 15 is 0 Å². The number of aliphatic hydroxyl groups is 1. The zero-order valence-corrected chi connectivity index (χ0v) is 14.9. The highest BCUT2D eigenvalue weighted by atomic mass is 16.5. The van der Waals surface area contributed by atoms with Gasteiger partial charge in [0.25, 0.3) is 0 Å². The molecule has 3 heteroatoms. The highest BCUT2D eigenvalue weighted by Gasteiger charge is 2.37. The third-order valence-corrected chi connectivity index (χ3v) is 4.58. The molecule has 0 unspecified atom stereocenters. The van der Waals surface area contributed by atoms with Crippen LogP contribution in [0.4, 0.5) is 11.4 Å². The van der Waals surface area contributed by atoms with E-state index in [-0.39, 0.29) is 0 Å². The van der Waals surface area contributed by atoms with Gasteiger partial charge in [0.05, 0.1) is 5.60 Å². The first-order valence-electron chi connectivity index (χ1n) is 7.95. The fraction of sp³-hybridized carbons (Fsp3) is 0.400. The number of nitrogens with one attached hydrogen (secondary N) is 1. The first-order valence-corrected chi connectivity index (χ1v) is 7.95. The topological polar surface area (TPSA) is 41.5 Å². The molecule has 0 fully saturated rings. The predicted molar refractivity (Wildman–Crippen MR) is 96.6 cm³/mol. The van der Waals surface area contributed by atoms with Crippen LogP contribution in [0, 0.1) is 13.8 Å². The van der Waals surface area contributed by atoms with Crippen LogP contribution in [0.15, 0.2) is 42.5 Å². The van der Waals surface area contributed by atoms with Crippen LogP contribution in [0.2, 0.25) is 0 Å². The van der Waals surface area contributed by atoms with Gasteiger partial charge in [-0.25, -0.2) is 0 Å². The Bertz CT molecular complexity index is 667. The third kappa shape index (κ3) is 4.05. The maximum atomic E-state index is 10.2. The molecule has 0 bridgehead atoms. The van der Waals surface area contributed by atoms with Crippen molar-refractivity contribution in [1.29, 1.82) is 0 Å². The molecule has 2 N–H and O–H groups in total. The number of aryl methyl sites for hydroxylation is 1. The molecule has 0 saturated heterocycles. The first-order chi connectivity index (χ1) is 10.6. The van der Waals surface area contributed by atoms with E-state index < -0.39 is 11.2 Å². The number of benzene rings is 2. The number of ether oxygens (including phenoxy) is 1. The van der Waals surface area contributed by atoms with Crippen LogP contribution in [0.25, 0.3) is 0 Å². The summed E-state index contributed by atoms with van der Waals surface area (Å²) in [6.07, 6.45) is 0. The van der Waals surface area contributed by atoms with E-state index in [2.05, 4.69) is 31.3 Å². The highest BCUT2D eigenvalue weighted by molar-refractivity contribution is 5.64. The van der Waals surface area contributed by atoms with Gasteiger partial charge in [-0.3, -0.25) is 0 Å². The Labute approximate surface area is 139 Å². The monoisotopic (exact) mass is 313 g/mol. The standard InChI is InChI=1S/C20H27NO2/c1-14-8-7-9-18(15(14)2)21-16-10-12-17(13-11-16)23-20(5,6)19(3,4)22/h7-13,21-22H,1-6H3. The lowest BCUT2D eigenvalue weighted by molar-refractivity contribution is -0.0906. The summed E-state index contributed by atoms with van der Waals surface area (Å²) in [5.41, 5.74) is 3.03. The van der Waals surface area contributed by atoms with Crippen molar-refractivity contribution in [3.8, 4) is 5.75 Å². The molecule has 2 aromatic rings. The van der Waals surface area contributed by atoms with Crippen LogP contribution in [0.3, 0.4) is 0 Å². The first kappa shape index (κ1) is 17.4. The summed E-state index contributed by atoms with van der Waals surface area (Å²) in [5.74, 6) is 0.739. The molecule has 0 aliphatic heterocycles. The lowest BCUT2D eigenvalue weighted by Crippen LogP contribution is -2.49. The molecule has 23 heavy (non-hydrogen) atoms. The van der Waals surface area contributed by atoms with Gasteiger partial charge in [0, 0.05) is 11.4 Å². The van der Waals surface area contributed by atoms with Crippen molar-refractivity contribution in [1.82, 2.24) is 0 Å². The molecule has 0 spiro atoms. The molecule has 0 saturated carbocycles. The van der Waals surface area contributed by atoms with Crippen LogP contribution in [0.1, 0.15) is 38.8 Å². The molecular weight excluding hydrogens is 286 g/mol. The second-order valence-corrected chi connectivity index (χ2v) is 7.07. The van der Waals surface area contributed by atoms with Crippen LogP contribution in [-0.4, -0.2) is 16.3 Å². The number of hydrogen-bond acceptors (Lipinski definition) is 3. The van der Waals surface area contributed by atoms with Crippen molar-refractivity contribution >= 4 is 11.4 Å². The molecule has 0 atom stereocenters. The number of rotatable bonds is 5. The van der Waals surface area contributed by atoms with Crippen molar-refractivity contribution in [3.63, 3.8) is 0 Å². The normalized spacial score (nSPS) is 12.1. The Morgan fingerprint density at radius 2 is 1.52 bits per heavy atom. The fourth-order valence-electron chi connectivity index (χ4n) is 2.07. The molecule has 124 valence electrons. The molecule has 2 rings (SSSR count). The Balaban J connectivity index is 2.13. The fourth-order valence-corrected chi connectivity index (χ4v) is 2.07. The average Bonchev–Trinajstić information content (AvgIpc) is 2.44. The van der Waals surface area contributed by atoms with Gasteiger partial charge in [0.2, 0.25) is 0 Å². The van der Waals surface area contributed by atoms with Crippen molar-refractivity contribution in [3.05, 3.63) is 53.6 Å². The van der Waals surface area contributed by atoms with E-state index in [1.54, 1.807) is 13.8 Å². The minimum Gasteiger partial charge on any atom is -0.485 e. The average molecular weight is 313 g/mol. The summed E-state index contributed by atoms with van der Waals surface area (Å²) in [6.45, 7) is 11.5. The lowest BCUT2D eigenvalue weighted by Gasteiger charge is -2.37. The summed E-state index contributed by atoms with van der Waals surface area (Å²) in [4.78, 5) is 0. The zero-order chi connectivity index (χ0) is 17.3. The minimum atomic E-state index is -0.928. The van der Waals surface area contributed by atoms with Crippen molar-refractivity contribution in [2.24, 2.45) is 0 Å². The predicted octanol–water partition coefficient (Wildman–Crippen LogP) is 4.98. The van der Waals surface area contributed by atoms with E-state index in [4.69, 9.17) is 4.74 Å². The molecule has 0 aliphatic carbocycles. The molecule has 0 radical (unpaired) electrons. The van der Waals surface area contributed by atoms with Gasteiger partial charge in [-0.2, -0.15) is 0 Å². The van der Waals surface area contributed by atoms with E-state index in [9.17, 15) is 5.11 Å². The molecule has 0 amide bonds. The van der Waals surface area contributed by atoms with Crippen molar-refractivity contribution in [2.45, 2.75) is 52.7 Å². The van der Waals surface area contributed by atoms with Crippen molar-refractivity contribution in [2.75, 3.05) is 5.32 Å². The van der Waals surface area contributed by atoms with E-state index in [0.717, 1.165) is 17.1 Å². The summed E-state index contributed by atoms with van der Waals surface area (Å²) in [7, 11) is 0. The van der Waals surface area contributed by atoms with Gasteiger partial charge >= 0.3 is 0 Å². The molecule has 2 aromatic carbocycles. The smallest absolute Gasteiger partial charge is 0.131 e. The van der Waals surface area contributed by atoms with E-state index in [1.807, 2.05) is 44.2 Å². The van der Waals surface area contributed by atoms with Crippen molar-refractivity contribution < 1.29 is 9.84 Å². The Morgan fingerprint density at radius 1 is 0.913 bits per heavy atom. The van der Waals surface area contributed by atoms with Crippen LogP contribution >= 0.6 is 0 Å². The minimum absolute atomic E-state index is 0.672. The van der Waals surface area contributed by atoms with Gasteiger partial charge < -0.3 is 15.2 Å². The SMILES string of the molecule is Cc1cccc(Nc2ccc(OC(C)(C)C(C)(C)O)cc2)c1C. The quantitative estimate of drug-likeness (QED) is 0.818. The summed E-state index contributed by atoms with van der Waals surface area (Å²) >= 11 is 0. The van der Waals surface area contributed by atoms with Gasteiger partial charge in [-0.15, -0.1) is 0 Å². The van der Waals surface area contributed by atoms with Gasteiger partial charge in [-0.05, 0) is 83.0 Å². The van der Waals surface area contributed by atoms with Gasteiger partial charge in [0.15, 0.2) is 0 Å². The number of hydrogen-bond donors (Lipinski definition) is 2. The summed E-state index contributed by atoms with van der Waals surface area (Å²) in [6, 6.07) is 14.0. The third-order valence-electron chi connectivity index (χ3n) is 4.58. The van der Waals surface area contributed by atoms with Crippen LogP contribution in [0.5, 0.6) is 5.75 Å². The molecular formula is C20H27NO2. The molecule has 0 aliphatic rings. The van der Waals surface area contributed by atoms with Gasteiger partial charge in [0.1, 0.15) is 11.4 Å². The molecule has 0 heterocycles.